The maximum absolute atomic E-state index is 12.8. The van der Waals surface area contributed by atoms with Crippen molar-refractivity contribution in [3.63, 3.8) is 0 Å². The van der Waals surface area contributed by atoms with E-state index in [9.17, 15) is 13.2 Å². The molecule has 0 spiro atoms. The Morgan fingerprint density at radius 3 is 2.25 bits per heavy atom. The zero-order valence-electron chi connectivity index (χ0n) is 14.3. The number of ether oxygens (including phenoxy) is 1. The largest absolute Gasteiger partial charge is 0.482 e. The monoisotopic (exact) mass is 503 g/mol. The molecule has 2 rings (SSSR count). The van der Waals surface area contributed by atoms with Crippen molar-refractivity contribution in [2.24, 2.45) is 0 Å². The zero-order valence-corrected chi connectivity index (χ0v) is 18.9. The zero-order chi connectivity index (χ0) is 21.1. The number of benzene rings is 2. The Kier molecular flexibility index (Phi) is 7.76. The molecule has 0 bridgehead atoms. The minimum Gasteiger partial charge on any atom is -0.482 e. The van der Waals surface area contributed by atoms with Crippen LogP contribution in [-0.4, -0.2) is 30.1 Å². The van der Waals surface area contributed by atoms with Gasteiger partial charge in [0.25, 0.3) is 5.91 Å². The highest BCUT2D eigenvalue weighted by Crippen LogP contribution is 2.36. The number of hydrogen-bond donors (Lipinski definition) is 1. The molecule has 0 heterocycles. The van der Waals surface area contributed by atoms with Crippen LogP contribution in [0.15, 0.2) is 47.4 Å². The summed E-state index contributed by atoms with van der Waals surface area (Å²) in [5.74, 6) is -0.633. The van der Waals surface area contributed by atoms with Crippen LogP contribution in [0.3, 0.4) is 0 Å². The van der Waals surface area contributed by atoms with Gasteiger partial charge in [0.2, 0.25) is 13.6 Å². The summed E-state index contributed by atoms with van der Waals surface area (Å²) in [5.41, 5.74) is 0.849. The second-order valence-electron chi connectivity index (χ2n) is 5.71. The molecular formula is C17H14Cl5NO4S. The number of nitrogens with one attached hydrogen (secondary N) is 1. The van der Waals surface area contributed by atoms with Gasteiger partial charge in [0.1, 0.15) is 5.75 Å². The van der Waals surface area contributed by atoms with Gasteiger partial charge in [-0.25, -0.2) is 8.42 Å². The second-order valence-corrected chi connectivity index (χ2v) is 11.0. The van der Waals surface area contributed by atoms with E-state index in [1.54, 1.807) is 19.1 Å². The molecule has 28 heavy (non-hydrogen) atoms. The van der Waals surface area contributed by atoms with E-state index >= 15 is 0 Å². The van der Waals surface area contributed by atoms with Gasteiger partial charge in [0, 0.05) is 5.02 Å². The summed E-state index contributed by atoms with van der Waals surface area (Å²) in [6.07, 6.45) is 0. The molecule has 152 valence electrons. The fourth-order valence-corrected chi connectivity index (χ4v) is 5.23. The molecule has 0 aromatic heterocycles. The Morgan fingerprint density at radius 1 is 1.11 bits per heavy atom. The first-order valence-electron chi connectivity index (χ1n) is 7.66. The number of hydrogen-bond acceptors (Lipinski definition) is 4. The summed E-state index contributed by atoms with van der Waals surface area (Å²) in [5, 5.41) is 0.942. The van der Waals surface area contributed by atoms with Crippen LogP contribution in [0.4, 0.5) is 0 Å². The van der Waals surface area contributed by atoms with Crippen LogP contribution in [0.1, 0.15) is 5.56 Å². The molecule has 1 amide bonds. The Labute approximate surface area is 187 Å². The number of alkyl halides is 3. The molecule has 2 aromatic carbocycles. The van der Waals surface area contributed by atoms with Gasteiger partial charge in [-0.2, -0.15) is 0 Å². The molecule has 0 aliphatic heterocycles. The number of sulfone groups is 1. The Hall–Kier alpha value is -0.890. The fourth-order valence-electron chi connectivity index (χ4n) is 2.12. The number of halogens is 5. The molecule has 0 fully saturated rings. The minimum atomic E-state index is -4.19. The molecule has 1 atom stereocenters. The van der Waals surface area contributed by atoms with E-state index < -0.39 is 31.5 Å². The molecule has 1 unspecified atom stereocenters. The fraction of sp³-hybridized carbons (Fsp3) is 0.235. The Balaban J connectivity index is 2.17. The molecule has 0 aliphatic rings. The van der Waals surface area contributed by atoms with E-state index in [0.29, 0.717) is 5.02 Å². The first-order chi connectivity index (χ1) is 12.9. The third-order valence-corrected chi connectivity index (χ3v) is 7.10. The van der Waals surface area contributed by atoms with E-state index in [2.05, 4.69) is 5.32 Å². The lowest BCUT2D eigenvalue weighted by atomic mass is 10.2. The van der Waals surface area contributed by atoms with Crippen LogP contribution in [0.5, 0.6) is 5.75 Å². The van der Waals surface area contributed by atoms with Crippen molar-refractivity contribution in [1.82, 2.24) is 5.32 Å². The standard InChI is InChI=1S/C17H14Cl5NO4S/c1-10-2-5-12(6-3-10)28(25,26)16(17(20,21)22)23-15(24)9-27-14-7-4-11(18)8-13(14)19/h2-8,16H,9H2,1H3,(H,23,24). The van der Waals surface area contributed by atoms with Crippen molar-refractivity contribution in [3.05, 3.63) is 58.1 Å². The van der Waals surface area contributed by atoms with Crippen molar-refractivity contribution >= 4 is 73.7 Å². The normalized spacial score (nSPS) is 13.1. The lowest BCUT2D eigenvalue weighted by Crippen LogP contribution is -2.50. The molecule has 2 aromatic rings. The molecule has 0 radical (unpaired) electrons. The van der Waals surface area contributed by atoms with Gasteiger partial charge in [-0.3, -0.25) is 4.79 Å². The highest BCUT2D eigenvalue weighted by atomic mass is 35.6. The van der Waals surface area contributed by atoms with Crippen LogP contribution >= 0.6 is 58.0 Å². The quantitative estimate of drug-likeness (QED) is 0.563. The molecule has 5 nitrogen and oxygen atoms in total. The van der Waals surface area contributed by atoms with E-state index in [0.717, 1.165) is 5.56 Å². The first kappa shape index (κ1) is 23.4. The van der Waals surface area contributed by atoms with Crippen molar-refractivity contribution in [2.45, 2.75) is 21.0 Å². The summed E-state index contributed by atoms with van der Waals surface area (Å²) in [6.45, 7) is 1.24. The maximum Gasteiger partial charge on any atom is 0.259 e. The first-order valence-corrected chi connectivity index (χ1v) is 11.1. The van der Waals surface area contributed by atoms with Crippen LogP contribution in [0.25, 0.3) is 0 Å². The minimum absolute atomic E-state index is 0.101. The van der Waals surface area contributed by atoms with Gasteiger partial charge >= 0.3 is 0 Å². The number of rotatable bonds is 6. The number of aryl methyl sites for hydroxylation is 1. The Bertz CT molecular complexity index is 959. The second kappa shape index (κ2) is 9.28. The predicted octanol–water partition coefficient (Wildman–Crippen LogP) is 4.97. The molecule has 1 N–H and O–H groups in total. The van der Waals surface area contributed by atoms with Gasteiger partial charge in [-0.05, 0) is 37.3 Å². The van der Waals surface area contributed by atoms with Gasteiger partial charge in [-0.1, -0.05) is 75.7 Å². The summed E-state index contributed by atoms with van der Waals surface area (Å²) in [7, 11) is -4.19. The summed E-state index contributed by atoms with van der Waals surface area (Å²) in [6, 6.07) is 10.3. The molecule has 0 saturated carbocycles. The highest BCUT2D eigenvalue weighted by molar-refractivity contribution is 7.92. The smallest absolute Gasteiger partial charge is 0.259 e. The lowest BCUT2D eigenvalue weighted by molar-refractivity contribution is -0.123. The predicted molar refractivity (Wildman–Crippen MR) is 113 cm³/mol. The van der Waals surface area contributed by atoms with Crippen molar-refractivity contribution in [2.75, 3.05) is 6.61 Å². The van der Waals surface area contributed by atoms with E-state index in [-0.39, 0.29) is 15.7 Å². The number of amides is 1. The average Bonchev–Trinajstić information content (AvgIpc) is 2.58. The van der Waals surface area contributed by atoms with E-state index in [1.165, 1.54) is 30.3 Å². The van der Waals surface area contributed by atoms with Crippen molar-refractivity contribution in [1.29, 1.82) is 0 Å². The SMILES string of the molecule is Cc1ccc(S(=O)(=O)C(NC(=O)COc2ccc(Cl)cc2Cl)C(Cl)(Cl)Cl)cc1. The van der Waals surface area contributed by atoms with Crippen LogP contribution in [0.2, 0.25) is 10.0 Å². The highest BCUT2D eigenvalue weighted by Gasteiger charge is 2.44. The number of carbonyl (C=O) groups is 1. The van der Waals surface area contributed by atoms with Crippen molar-refractivity contribution < 1.29 is 17.9 Å². The van der Waals surface area contributed by atoms with E-state index in [4.69, 9.17) is 62.7 Å². The van der Waals surface area contributed by atoms with Gasteiger partial charge in [-0.15, -0.1) is 0 Å². The third kappa shape index (κ3) is 6.05. The van der Waals surface area contributed by atoms with Gasteiger partial charge < -0.3 is 10.1 Å². The van der Waals surface area contributed by atoms with Crippen LogP contribution in [-0.2, 0) is 14.6 Å². The van der Waals surface area contributed by atoms with Gasteiger partial charge in [0.05, 0.1) is 9.92 Å². The maximum atomic E-state index is 12.8. The van der Waals surface area contributed by atoms with Crippen LogP contribution < -0.4 is 10.1 Å². The van der Waals surface area contributed by atoms with E-state index in [1.807, 2.05) is 0 Å². The van der Waals surface area contributed by atoms with Crippen LogP contribution in [0, 0.1) is 6.92 Å². The molecule has 0 aliphatic carbocycles. The molecular weight excluding hydrogens is 492 g/mol. The summed E-state index contributed by atoms with van der Waals surface area (Å²) in [4.78, 5) is 12.1. The molecule has 11 heteroatoms. The number of carbonyl (C=O) groups excluding carboxylic acids is 1. The topological polar surface area (TPSA) is 72.5 Å². The summed E-state index contributed by atoms with van der Waals surface area (Å²) < 4.78 is 28.6. The third-order valence-electron chi connectivity index (χ3n) is 3.50. The molecule has 0 saturated heterocycles. The Morgan fingerprint density at radius 2 is 1.71 bits per heavy atom. The van der Waals surface area contributed by atoms with Gasteiger partial charge in [0.15, 0.2) is 12.0 Å². The lowest BCUT2D eigenvalue weighted by Gasteiger charge is -2.25. The average molecular weight is 506 g/mol. The van der Waals surface area contributed by atoms with Crippen molar-refractivity contribution in [3.8, 4) is 5.75 Å². The summed E-state index contributed by atoms with van der Waals surface area (Å²) >= 11 is 29.2.